The van der Waals surface area contributed by atoms with Crippen LogP contribution in [0.25, 0.3) is 10.6 Å². The molecule has 0 fully saturated rings. The number of hydrogen-bond acceptors (Lipinski definition) is 5. The molecule has 2 aromatic carbocycles. The smallest absolute Gasteiger partial charge is 0.323 e. The molecular formula is C25H13Cl3F3N3OS2. The van der Waals surface area contributed by atoms with Crippen LogP contribution in [0.15, 0.2) is 71.1 Å². The van der Waals surface area contributed by atoms with Crippen molar-refractivity contribution in [1.29, 1.82) is 5.26 Å². The lowest BCUT2D eigenvalue weighted by atomic mass is 10.1. The Labute approximate surface area is 233 Å². The minimum atomic E-state index is -4.81. The standard InChI is InChI=1S/C25H13Cl3F3N3OS2/c26-16-10-18(28)19(11-17(16)27)33-23(35)22(13-5-2-1-3-6-13)37-24-14(12-32)15(25(29,30)31)9-20(34-24)21-7-4-8-36-21/h1-11,22H,(H,33,35). The van der Waals surface area contributed by atoms with Crippen LogP contribution in [-0.4, -0.2) is 10.9 Å². The molecule has 4 rings (SSSR count). The average Bonchev–Trinajstić information content (AvgIpc) is 3.40. The number of aromatic nitrogens is 1. The summed E-state index contributed by atoms with van der Waals surface area (Å²) in [4.78, 5) is 18.3. The summed E-state index contributed by atoms with van der Waals surface area (Å²) in [7, 11) is 0. The normalized spacial score (nSPS) is 12.1. The molecule has 0 saturated heterocycles. The van der Waals surface area contributed by atoms with Crippen LogP contribution in [-0.2, 0) is 11.0 Å². The number of nitrogens with zero attached hydrogens (tertiary/aromatic N) is 2. The highest BCUT2D eigenvalue weighted by Crippen LogP contribution is 2.43. The topological polar surface area (TPSA) is 65.8 Å². The first-order valence-corrected chi connectivity index (χ1v) is 13.2. The number of amides is 1. The lowest BCUT2D eigenvalue weighted by molar-refractivity contribution is -0.138. The number of nitriles is 1. The van der Waals surface area contributed by atoms with Crippen molar-refractivity contribution in [2.75, 3.05) is 5.32 Å². The highest BCUT2D eigenvalue weighted by atomic mass is 35.5. The monoisotopic (exact) mass is 597 g/mol. The van der Waals surface area contributed by atoms with Crippen molar-refractivity contribution in [3.8, 4) is 16.6 Å². The van der Waals surface area contributed by atoms with E-state index in [0.29, 0.717) is 10.4 Å². The molecule has 1 atom stereocenters. The fourth-order valence-electron chi connectivity index (χ4n) is 3.32. The first-order valence-electron chi connectivity index (χ1n) is 10.3. The number of anilines is 1. The third kappa shape index (κ3) is 6.22. The molecule has 0 spiro atoms. The summed E-state index contributed by atoms with van der Waals surface area (Å²) in [5, 5.41) is 13.2. The van der Waals surface area contributed by atoms with Gasteiger partial charge in [-0.25, -0.2) is 4.98 Å². The Bertz CT molecular complexity index is 1490. The van der Waals surface area contributed by atoms with Crippen LogP contribution in [0, 0.1) is 11.3 Å². The minimum Gasteiger partial charge on any atom is -0.323 e. The van der Waals surface area contributed by atoms with Gasteiger partial charge in [0.1, 0.15) is 16.3 Å². The summed E-state index contributed by atoms with van der Waals surface area (Å²) < 4.78 is 41.9. The first-order chi connectivity index (χ1) is 17.6. The van der Waals surface area contributed by atoms with E-state index in [-0.39, 0.29) is 31.5 Å². The Balaban J connectivity index is 1.81. The summed E-state index contributed by atoms with van der Waals surface area (Å²) in [6, 6.07) is 16.9. The Morgan fingerprint density at radius 2 is 1.73 bits per heavy atom. The average molecular weight is 599 g/mol. The van der Waals surface area contributed by atoms with Gasteiger partial charge in [-0.05, 0) is 35.2 Å². The number of pyridine rings is 1. The van der Waals surface area contributed by atoms with Gasteiger partial charge in [-0.2, -0.15) is 18.4 Å². The van der Waals surface area contributed by atoms with Crippen molar-refractivity contribution in [3.63, 3.8) is 0 Å². The fraction of sp³-hybridized carbons (Fsp3) is 0.0800. The number of hydrogen-bond donors (Lipinski definition) is 1. The third-order valence-electron chi connectivity index (χ3n) is 5.01. The third-order valence-corrected chi connectivity index (χ3v) is 8.18. The zero-order valence-corrected chi connectivity index (χ0v) is 22.2. The van der Waals surface area contributed by atoms with Gasteiger partial charge in [0.25, 0.3) is 0 Å². The van der Waals surface area contributed by atoms with Gasteiger partial charge in [0.15, 0.2) is 0 Å². The van der Waals surface area contributed by atoms with Crippen molar-refractivity contribution in [2.24, 2.45) is 0 Å². The Kier molecular flexibility index (Phi) is 8.36. The molecule has 0 radical (unpaired) electrons. The minimum absolute atomic E-state index is 0.0450. The molecule has 37 heavy (non-hydrogen) atoms. The quantitative estimate of drug-likeness (QED) is 0.178. The number of carbonyl (C=O) groups excluding carboxylic acids is 1. The van der Waals surface area contributed by atoms with Crippen LogP contribution in [0.3, 0.4) is 0 Å². The van der Waals surface area contributed by atoms with Gasteiger partial charge in [0, 0.05) is 0 Å². The SMILES string of the molecule is N#Cc1c(C(F)(F)F)cc(-c2cccs2)nc1SC(C(=O)Nc1cc(Cl)c(Cl)cc1Cl)c1ccccc1. The molecule has 1 unspecified atom stereocenters. The predicted molar refractivity (Wildman–Crippen MR) is 142 cm³/mol. The van der Waals surface area contributed by atoms with Gasteiger partial charge < -0.3 is 5.32 Å². The maximum absolute atomic E-state index is 14.0. The van der Waals surface area contributed by atoms with Crippen LogP contribution in [0.2, 0.25) is 15.1 Å². The summed E-state index contributed by atoms with van der Waals surface area (Å²) in [6.07, 6.45) is -4.81. The van der Waals surface area contributed by atoms with Gasteiger partial charge in [-0.1, -0.05) is 83.0 Å². The summed E-state index contributed by atoms with van der Waals surface area (Å²) in [5.41, 5.74) is -1.11. The van der Waals surface area contributed by atoms with Crippen molar-refractivity contribution >= 4 is 69.5 Å². The fourth-order valence-corrected chi connectivity index (χ4v) is 5.71. The van der Waals surface area contributed by atoms with Crippen molar-refractivity contribution in [3.05, 3.63) is 97.8 Å². The number of carbonyl (C=O) groups is 1. The molecule has 0 aliphatic heterocycles. The second-order valence-corrected chi connectivity index (χ2v) is 10.7. The van der Waals surface area contributed by atoms with Gasteiger partial charge in [0.05, 0.1) is 42.5 Å². The summed E-state index contributed by atoms with van der Waals surface area (Å²) >= 11 is 20.2. The largest absolute Gasteiger partial charge is 0.417 e. The Morgan fingerprint density at radius 3 is 2.35 bits per heavy atom. The molecule has 2 heterocycles. The number of nitrogens with one attached hydrogen (secondary N) is 1. The zero-order valence-electron chi connectivity index (χ0n) is 18.3. The maximum atomic E-state index is 14.0. The van der Waals surface area contributed by atoms with Crippen LogP contribution in [0.5, 0.6) is 0 Å². The van der Waals surface area contributed by atoms with E-state index in [0.717, 1.165) is 17.8 Å². The number of benzene rings is 2. The maximum Gasteiger partial charge on any atom is 0.417 e. The van der Waals surface area contributed by atoms with Gasteiger partial charge in [0.2, 0.25) is 5.91 Å². The summed E-state index contributed by atoms with van der Waals surface area (Å²) in [5.74, 6) is -0.614. The Morgan fingerprint density at radius 1 is 1.03 bits per heavy atom. The number of thiophene rings is 1. The first kappa shape index (κ1) is 27.3. The van der Waals surface area contributed by atoms with E-state index in [1.54, 1.807) is 53.9 Å². The van der Waals surface area contributed by atoms with Gasteiger partial charge in [-0.3, -0.25) is 4.79 Å². The molecule has 0 aliphatic carbocycles. The van der Waals surface area contributed by atoms with Gasteiger partial charge >= 0.3 is 6.18 Å². The van der Waals surface area contributed by atoms with Crippen LogP contribution < -0.4 is 5.32 Å². The molecule has 4 aromatic rings. The predicted octanol–water partition coefficient (Wildman–Crippen LogP) is 9.13. The molecule has 0 saturated carbocycles. The van der Waals surface area contributed by atoms with Crippen molar-refractivity contribution < 1.29 is 18.0 Å². The second kappa shape index (κ2) is 11.3. The molecule has 0 bridgehead atoms. The van der Waals surface area contributed by atoms with Crippen LogP contribution >= 0.6 is 57.9 Å². The number of thioether (sulfide) groups is 1. The number of halogens is 6. The molecular weight excluding hydrogens is 586 g/mol. The summed E-state index contributed by atoms with van der Waals surface area (Å²) in [6.45, 7) is 0. The van der Waals surface area contributed by atoms with E-state index >= 15 is 0 Å². The van der Waals surface area contributed by atoms with E-state index < -0.39 is 28.5 Å². The van der Waals surface area contributed by atoms with E-state index in [4.69, 9.17) is 34.8 Å². The highest BCUT2D eigenvalue weighted by molar-refractivity contribution is 8.00. The lowest BCUT2D eigenvalue weighted by Crippen LogP contribution is -2.20. The van der Waals surface area contributed by atoms with Crippen LogP contribution in [0.4, 0.5) is 18.9 Å². The van der Waals surface area contributed by atoms with Crippen LogP contribution in [0.1, 0.15) is 21.9 Å². The molecule has 2 aromatic heterocycles. The number of alkyl halides is 3. The molecule has 188 valence electrons. The molecule has 0 aliphatic rings. The van der Waals surface area contributed by atoms with E-state index in [9.17, 15) is 23.2 Å². The lowest BCUT2D eigenvalue weighted by Gasteiger charge is -2.20. The van der Waals surface area contributed by atoms with E-state index in [1.165, 1.54) is 23.5 Å². The zero-order chi connectivity index (χ0) is 26.7. The molecule has 1 N–H and O–H groups in total. The van der Waals surface area contributed by atoms with E-state index in [2.05, 4.69) is 10.3 Å². The second-order valence-electron chi connectivity index (χ2n) is 7.47. The molecule has 12 heteroatoms. The highest BCUT2D eigenvalue weighted by Gasteiger charge is 2.37. The molecule has 4 nitrogen and oxygen atoms in total. The van der Waals surface area contributed by atoms with Crippen molar-refractivity contribution in [2.45, 2.75) is 16.5 Å². The van der Waals surface area contributed by atoms with E-state index in [1.807, 2.05) is 0 Å². The molecule has 1 amide bonds. The van der Waals surface area contributed by atoms with Gasteiger partial charge in [-0.15, -0.1) is 11.3 Å². The number of rotatable bonds is 6. The van der Waals surface area contributed by atoms with Crippen molar-refractivity contribution in [1.82, 2.24) is 4.98 Å². The Hall–Kier alpha value is -2.74.